The van der Waals surface area contributed by atoms with Crippen LogP contribution in [0.15, 0.2) is 0 Å². The Bertz CT molecular complexity index is 195. The number of unbranched alkanes of at least 4 members (excludes halogenated alkanes) is 2. The van der Waals surface area contributed by atoms with Gasteiger partial charge < -0.3 is 45.4 Å². The van der Waals surface area contributed by atoms with E-state index in [4.69, 9.17) is 34.7 Å². The Balaban J connectivity index is -0.000000340. The standard InChI is InChI=1S/C9H19NS2.CH3NO2.Zn/c1-3-5-7-10(9(11)12)8-6-4-2;2-1(3)4;/h3-8H2,1-2H3,(H,11,12);2H2,(H,3,4);/q;;+2/p-2. The van der Waals surface area contributed by atoms with Gasteiger partial charge in [-0.3, -0.25) is 0 Å². The fraction of sp³-hybridized carbons (Fsp3) is 0.800. The van der Waals surface area contributed by atoms with Crippen LogP contribution in [-0.4, -0.2) is 28.4 Å². The number of carboxylic acid groups (broad SMARTS) is 1. The van der Waals surface area contributed by atoms with E-state index in [2.05, 4.69) is 24.5 Å². The van der Waals surface area contributed by atoms with Gasteiger partial charge >= 0.3 is 19.5 Å². The van der Waals surface area contributed by atoms with Gasteiger partial charge in [-0.15, -0.1) is 0 Å². The number of hydrogen-bond acceptors (Lipinski definition) is 4. The molecule has 0 unspecified atom stereocenters. The first-order valence-electron chi connectivity index (χ1n) is 5.38. The van der Waals surface area contributed by atoms with Gasteiger partial charge in [-0.25, -0.2) is 0 Å². The van der Waals surface area contributed by atoms with Crippen LogP contribution in [-0.2, 0) is 32.1 Å². The molecule has 0 aliphatic carbocycles. The molecule has 0 saturated heterocycles. The summed E-state index contributed by atoms with van der Waals surface area (Å²) in [5, 5.41) is 8.67. The Kier molecular flexibility index (Phi) is 20.9. The summed E-state index contributed by atoms with van der Waals surface area (Å²) in [6.07, 6.45) is 3.22. The van der Waals surface area contributed by atoms with E-state index in [0.717, 1.165) is 13.1 Å². The third-order valence-electron chi connectivity index (χ3n) is 1.82. The molecule has 7 heteroatoms. The van der Waals surface area contributed by atoms with Gasteiger partial charge in [0.1, 0.15) is 6.09 Å². The molecule has 0 aromatic carbocycles. The number of nitrogens with zero attached hydrogens (tertiary/aromatic N) is 1. The summed E-state index contributed by atoms with van der Waals surface area (Å²) in [6.45, 7) is 6.45. The van der Waals surface area contributed by atoms with Crippen molar-refractivity contribution in [2.75, 3.05) is 13.1 Å². The molecular weight excluding hydrogens is 310 g/mol. The molecule has 0 rings (SSSR count). The minimum atomic E-state index is -1.58. The smallest absolute Gasteiger partial charge is 0.530 e. The Labute approximate surface area is 127 Å². The van der Waals surface area contributed by atoms with E-state index in [1.807, 2.05) is 0 Å². The SMILES string of the molecule is CCCCN(CCCC)C(=S)[S-].NC(=O)[O-].[Zn+2]. The predicted octanol–water partition coefficient (Wildman–Crippen LogP) is 1.01. The summed E-state index contributed by atoms with van der Waals surface area (Å²) in [5.41, 5.74) is 3.92. The number of thiocarbonyl (C=S) groups is 1. The van der Waals surface area contributed by atoms with Crippen molar-refractivity contribution in [3.63, 3.8) is 0 Å². The fourth-order valence-corrected chi connectivity index (χ4v) is 1.36. The maximum Gasteiger partial charge on any atom is 2.00 e. The van der Waals surface area contributed by atoms with Crippen molar-refractivity contribution < 1.29 is 29.4 Å². The number of primary amides is 1. The molecule has 0 spiro atoms. The van der Waals surface area contributed by atoms with E-state index >= 15 is 0 Å². The van der Waals surface area contributed by atoms with Gasteiger partial charge in [-0.2, -0.15) is 0 Å². The van der Waals surface area contributed by atoms with E-state index in [1.54, 1.807) is 0 Å². The maximum absolute atomic E-state index is 8.67. The molecule has 0 aliphatic heterocycles. The Morgan fingerprint density at radius 2 is 1.59 bits per heavy atom. The van der Waals surface area contributed by atoms with Crippen molar-refractivity contribution in [1.82, 2.24) is 4.90 Å². The van der Waals surface area contributed by atoms with Gasteiger partial charge in [0.15, 0.2) is 0 Å². The van der Waals surface area contributed by atoms with E-state index in [9.17, 15) is 0 Å². The van der Waals surface area contributed by atoms with Gasteiger partial charge in [0.2, 0.25) is 0 Å². The number of carbonyl (C=O) groups is 1. The molecule has 0 aromatic heterocycles. The Morgan fingerprint density at radius 3 is 1.76 bits per heavy atom. The van der Waals surface area contributed by atoms with Crippen LogP contribution in [0.5, 0.6) is 0 Å². The molecule has 1 amide bonds. The number of carbonyl (C=O) groups excluding carboxylic acids is 1. The van der Waals surface area contributed by atoms with Crippen LogP contribution in [0.25, 0.3) is 0 Å². The second-order valence-corrected chi connectivity index (χ2v) is 4.31. The van der Waals surface area contributed by atoms with E-state index < -0.39 is 6.09 Å². The third kappa shape index (κ3) is 21.8. The number of rotatable bonds is 6. The van der Waals surface area contributed by atoms with E-state index in [1.165, 1.54) is 25.7 Å². The average molecular weight is 330 g/mol. The van der Waals surface area contributed by atoms with Crippen LogP contribution in [0, 0.1) is 0 Å². The summed E-state index contributed by atoms with van der Waals surface area (Å²) >= 11 is 9.97. The van der Waals surface area contributed by atoms with Gasteiger partial charge in [0.25, 0.3) is 0 Å². The number of amides is 1. The molecule has 17 heavy (non-hydrogen) atoms. The second kappa shape index (κ2) is 16.0. The summed E-state index contributed by atoms with van der Waals surface area (Å²) in [7, 11) is 0. The topological polar surface area (TPSA) is 69.4 Å². The van der Waals surface area contributed by atoms with Crippen molar-refractivity contribution in [2.45, 2.75) is 39.5 Å². The van der Waals surface area contributed by atoms with E-state index in [0.29, 0.717) is 4.32 Å². The van der Waals surface area contributed by atoms with Gasteiger partial charge in [0.05, 0.1) is 0 Å². The minimum absolute atomic E-state index is 0. The third-order valence-corrected chi connectivity index (χ3v) is 2.34. The van der Waals surface area contributed by atoms with Crippen molar-refractivity contribution in [3.8, 4) is 0 Å². The van der Waals surface area contributed by atoms with Crippen molar-refractivity contribution in [3.05, 3.63) is 0 Å². The van der Waals surface area contributed by atoms with Crippen LogP contribution in [0.2, 0.25) is 0 Å². The fourth-order valence-electron chi connectivity index (χ4n) is 0.992. The van der Waals surface area contributed by atoms with Crippen molar-refractivity contribution in [2.24, 2.45) is 5.73 Å². The molecule has 96 valence electrons. The van der Waals surface area contributed by atoms with Gasteiger partial charge in [-0.05, 0) is 12.8 Å². The molecule has 0 atom stereocenters. The maximum atomic E-state index is 8.67. The van der Waals surface area contributed by atoms with Gasteiger partial charge in [-0.1, -0.05) is 31.0 Å². The first-order chi connectivity index (χ1) is 7.45. The van der Waals surface area contributed by atoms with Crippen molar-refractivity contribution in [1.29, 1.82) is 0 Å². The predicted molar refractivity (Wildman–Crippen MR) is 70.9 cm³/mol. The normalized spacial score (nSPS) is 8.35. The van der Waals surface area contributed by atoms with Crippen LogP contribution in [0.1, 0.15) is 39.5 Å². The summed E-state index contributed by atoms with van der Waals surface area (Å²) < 4.78 is 0.636. The van der Waals surface area contributed by atoms with E-state index in [-0.39, 0.29) is 19.5 Å². The summed E-state index contributed by atoms with van der Waals surface area (Å²) in [5.74, 6) is 0. The molecular formula is C10H20N2O2S2Zn. The van der Waals surface area contributed by atoms with Crippen LogP contribution >= 0.6 is 12.2 Å². The molecule has 0 aliphatic rings. The quantitative estimate of drug-likeness (QED) is 0.447. The molecule has 2 N–H and O–H groups in total. The monoisotopic (exact) mass is 328 g/mol. The van der Waals surface area contributed by atoms with Crippen LogP contribution < -0.4 is 10.8 Å². The molecule has 0 bridgehead atoms. The van der Waals surface area contributed by atoms with Gasteiger partial charge in [0, 0.05) is 13.1 Å². The number of nitrogens with two attached hydrogens (primary N) is 1. The second-order valence-electron chi connectivity index (χ2n) is 3.28. The first-order valence-corrected chi connectivity index (χ1v) is 6.19. The Hall–Kier alpha value is 0.00338. The first kappa shape index (κ1) is 22.2. The zero-order chi connectivity index (χ0) is 13.0. The Morgan fingerprint density at radius 1 is 1.29 bits per heavy atom. The minimum Gasteiger partial charge on any atom is -0.530 e. The largest absolute Gasteiger partial charge is 2.00 e. The molecule has 0 aromatic rings. The molecule has 0 fully saturated rings. The molecule has 0 heterocycles. The number of hydrogen-bond donors (Lipinski definition) is 1. The zero-order valence-electron chi connectivity index (χ0n) is 10.6. The summed E-state index contributed by atoms with van der Waals surface area (Å²) in [6, 6.07) is 0. The zero-order valence-corrected chi connectivity index (χ0v) is 15.2. The molecule has 4 nitrogen and oxygen atoms in total. The average Bonchev–Trinajstić information content (AvgIpc) is 2.16. The van der Waals surface area contributed by atoms with Crippen molar-refractivity contribution >= 4 is 35.3 Å². The van der Waals surface area contributed by atoms with Crippen LogP contribution in [0.3, 0.4) is 0 Å². The molecule has 0 saturated carbocycles. The summed E-state index contributed by atoms with van der Waals surface area (Å²) in [4.78, 5) is 10.8. The molecule has 0 radical (unpaired) electrons. The van der Waals surface area contributed by atoms with Crippen LogP contribution in [0.4, 0.5) is 4.79 Å².